The lowest BCUT2D eigenvalue weighted by Crippen LogP contribution is -2.54. The number of hydrazine groups is 1. The number of carbonyl (C=O) groups excluding carboxylic acids is 1. The zero-order valence-electron chi connectivity index (χ0n) is 32.5. The van der Waals surface area contributed by atoms with Gasteiger partial charge in [0.05, 0.1) is 47.3 Å². The number of benzene rings is 5. The monoisotopic (exact) mass is 755 g/mol. The highest BCUT2D eigenvalue weighted by molar-refractivity contribution is 6.06. The molecule has 0 fully saturated rings. The number of ether oxygens (including phenoxy) is 7. The van der Waals surface area contributed by atoms with Crippen molar-refractivity contribution in [2.24, 2.45) is 0 Å². The normalized spacial score (nSPS) is 18.3. The molecule has 7 bridgehead atoms. The topological polar surface area (TPSA) is 91.4 Å². The zero-order valence-corrected chi connectivity index (χ0v) is 32.5. The van der Waals surface area contributed by atoms with Crippen molar-refractivity contribution in [3.05, 3.63) is 118 Å². The number of amides is 1. The molecule has 10 rings (SSSR count). The fraction of sp³-hybridized carbons (Fsp3) is 0.311. The van der Waals surface area contributed by atoms with Crippen LogP contribution in [0.1, 0.15) is 55.8 Å². The molecule has 0 N–H and O–H groups in total. The van der Waals surface area contributed by atoms with Crippen LogP contribution in [0.4, 0.5) is 5.69 Å². The average Bonchev–Trinajstić information content (AvgIpc) is 3.23. The van der Waals surface area contributed by atoms with E-state index in [2.05, 4.69) is 41.2 Å². The summed E-state index contributed by atoms with van der Waals surface area (Å²) in [4.78, 5) is 17.3. The number of anilines is 1. The minimum absolute atomic E-state index is 0.0975. The fourth-order valence-electron chi connectivity index (χ4n) is 8.80. The predicted molar refractivity (Wildman–Crippen MR) is 212 cm³/mol. The van der Waals surface area contributed by atoms with Crippen molar-refractivity contribution in [3.8, 4) is 51.7 Å². The van der Waals surface area contributed by atoms with Crippen molar-refractivity contribution in [2.45, 2.75) is 37.8 Å². The molecule has 11 nitrogen and oxygen atoms in total. The van der Waals surface area contributed by atoms with E-state index < -0.39 is 0 Å². The number of likely N-dealkylation sites (N-methyl/N-ethyl adjacent to an activating group) is 1. The maximum absolute atomic E-state index is 14.9. The van der Waals surface area contributed by atoms with Gasteiger partial charge in [-0.3, -0.25) is 9.69 Å². The van der Waals surface area contributed by atoms with Gasteiger partial charge in [-0.15, -0.1) is 0 Å². The smallest absolute Gasteiger partial charge is 0.272 e. The van der Waals surface area contributed by atoms with Crippen molar-refractivity contribution in [3.63, 3.8) is 0 Å². The highest BCUT2D eigenvalue weighted by atomic mass is 16.5. The SMILES string of the molecule is COc1ccc(C(=O)N2c3cc(OC)c4cc3C[C@H]3c5c(cc(OC)c(OC)c5Oc5cc6c(cc5OC)CCN(C)C6Cc5ccc(cc5)O4)CCN32)cc1. The van der Waals surface area contributed by atoms with E-state index in [1.807, 2.05) is 30.3 Å². The third-order valence-electron chi connectivity index (χ3n) is 11.7. The van der Waals surface area contributed by atoms with Gasteiger partial charge >= 0.3 is 0 Å². The van der Waals surface area contributed by atoms with Crippen molar-refractivity contribution < 1.29 is 38.0 Å². The van der Waals surface area contributed by atoms with Crippen LogP contribution in [-0.4, -0.2) is 71.5 Å². The maximum Gasteiger partial charge on any atom is 0.272 e. The molecule has 0 saturated heterocycles. The quantitative estimate of drug-likeness (QED) is 0.169. The largest absolute Gasteiger partial charge is 0.497 e. The molecule has 5 aliphatic heterocycles. The van der Waals surface area contributed by atoms with Gasteiger partial charge in [-0.05, 0) is 121 Å². The van der Waals surface area contributed by atoms with Crippen molar-refractivity contribution in [1.82, 2.24) is 9.91 Å². The van der Waals surface area contributed by atoms with Crippen molar-refractivity contribution in [2.75, 3.05) is 60.7 Å². The van der Waals surface area contributed by atoms with Crippen LogP contribution < -0.4 is 38.2 Å². The van der Waals surface area contributed by atoms with Crippen LogP contribution in [-0.2, 0) is 25.7 Å². The molecule has 11 heteroatoms. The third kappa shape index (κ3) is 5.93. The van der Waals surface area contributed by atoms with Gasteiger partial charge < -0.3 is 33.2 Å². The summed E-state index contributed by atoms with van der Waals surface area (Å²) in [7, 11) is 10.3. The first-order chi connectivity index (χ1) is 27.3. The van der Waals surface area contributed by atoms with E-state index in [1.165, 1.54) is 16.7 Å². The average molecular weight is 756 g/mol. The Balaban J connectivity index is 1.30. The summed E-state index contributed by atoms with van der Waals surface area (Å²) in [6.07, 6.45) is 2.84. The molecule has 0 radical (unpaired) electrons. The van der Waals surface area contributed by atoms with E-state index in [4.69, 9.17) is 33.2 Å². The summed E-state index contributed by atoms with van der Waals surface area (Å²) < 4.78 is 43.2. The molecule has 288 valence electrons. The Kier molecular flexibility index (Phi) is 9.14. The number of nitrogens with zero attached hydrogens (tertiary/aromatic N) is 3. The Morgan fingerprint density at radius 3 is 2.07 bits per heavy atom. The van der Waals surface area contributed by atoms with Crippen LogP contribution in [0.25, 0.3) is 0 Å². The Hall–Kier alpha value is -5.91. The van der Waals surface area contributed by atoms with Crippen LogP contribution in [0.3, 0.4) is 0 Å². The summed E-state index contributed by atoms with van der Waals surface area (Å²) in [5.41, 5.74) is 7.70. The van der Waals surface area contributed by atoms with Crippen LogP contribution in [0.5, 0.6) is 51.7 Å². The summed E-state index contributed by atoms with van der Waals surface area (Å²) in [6, 6.07) is 25.4. The molecular formula is C45H45N3O8. The fourth-order valence-corrected chi connectivity index (χ4v) is 8.80. The van der Waals surface area contributed by atoms with E-state index in [-0.39, 0.29) is 18.0 Å². The third-order valence-corrected chi connectivity index (χ3v) is 11.7. The summed E-state index contributed by atoms with van der Waals surface area (Å²) in [6.45, 7) is 1.47. The van der Waals surface area contributed by atoms with Crippen LogP contribution in [0.15, 0.2) is 78.9 Å². The Bertz CT molecular complexity index is 2330. The van der Waals surface area contributed by atoms with Crippen molar-refractivity contribution >= 4 is 11.6 Å². The minimum atomic E-state index is -0.342. The number of fused-ring (bicyclic) bond motifs is 2. The van der Waals surface area contributed by atoms with E-state index in [0.717, 1.165) is 36.1 Å². The highest BCUT2D eigenvalue weighted by Crippen LogP contribution is 2.55. The van der Waals surface area contributed by atoms with Crippen LogP contribution in [0.2, 0.25) is 0 Å². The molecule has 1 amide bonds. The molecule has 56 heavy (non-hydrogen) atoms. The summed E-state index contributed by atoms with van der Waals surface area (Å²) in [5.74, 6) is 5.01. The van der Waals surface area contributed by atoms with E-state index >= 15 is 0 Å². The van der Waals surface area contributed by atoms with Gasteiger partial charge in [0.2, 0.25) is 5.75 Å². The Labute approximate surface area is 326 Å². The maximum atomic E-state index is 14.9. The summed E-state index contributed by atoms with van der Waals surface area (Å²) >= 11 is 0. The molecule has 0 aliphatic carbocycles. The Morgan fingerprint density at radius 2 is 1.36 bits per heavy atom. The van der Waals surface area contributed by atoms with Gasteiger partial charge in [0, 0.05) is 36.3 Å². The molecule has 5 aromatic rings. The second-order valence-electron chi connectivity index (χ2n) is 14.6. The molecule has 1 unspecified atom stereocenters. The lowest BCUT2D eigenvalue weighted by Gasteiger charge is -2.48. The van der Waals surface area contributed by atoms with Gasteiger partial charge in [-0.25, -0.2) is 10.0 Å². The first-order valence-corrected chi connectivity index (χ1v) is 18.9. The number of rotatable bonds is 6. The first-order valence-electron chi connectivity index (χ1n) is 18.9. The lowest BCUT2D eigenvalue weighted by atomic mass is 9.85. The van der Waals surface area contributed by atoms with Crippen LogP contribution >= 0.6 is 0 Å². The lowest BCUT2D eigenvalue weighted by molar-refractivity contribution is 0.0796. The molecule has 5 aromatic carbocycles. The van der Waals surface area contributed by atoms with E-state index in [0.29, 0.717) is 82.4 Å². The van der Waals surface area contributed by atoms with Gasteiger partial charge in [-0.1, -0.05) is 12.1 Å². The van der Waals surface area contributed by atoms with Crippen LogP contribution in [0, 0.1) is 0 Å². The molecule has 0 spiro atoms. The van der Waals surface area contributed by atoms with Crippen molar-refractivity contribution in [1.29, 1.82) is 0 Å². The van der Waals surface area contributed by atoms with Gasteiger partial charge in [0.1, 0.15) is 11.5 Å². The standard InChI is InChI=1S/C45H45N3O8/c1-46-17-15-28-21-37(51-3)40-24-33(28)35(46)19-26-7-11-32(12-8-26)55-39-23-30-20-36-42-29(22-41(53-5)43(54-6)44(42)56-40)16-18-47(36)48(34(30)25-38(39)52-4)45(49)27-9-13-31(50-2)14-10-27/h7-14,21-25,35-36H,15-20H2,1-6H3/t35?,36-/m0/s1. The highest BCUT2D eigenvalue weighted by Gasteiger charge is 2.44. The second kappa shape index (κ2) is 14.3. The molecule has 5 heterocycles. The molecule has 0 saturated carbocycles. The zero-order chi connectivity index (χ0) is 38.7. The Morgan fingerprint density at radius 1 is 0.661 bits per heavy atom. The number of hydrogen-bond donors (Lipinski definition) is 0. The number of carbonyl (C=O) groups is 1. The molecular weight excluding hydrogens is 711 g/mol. The minimum Gasteiger partial charge on any atom is -0.497 e. The van der Waals surface area contributed by atoms with Gasteiger partial charge in [0.25, 0.3) is 5.91 Å². The summed E-state index contributed by atoms with van der Waals surface area (Å²) in [5, 5.41) is 3.93. The predicted octanol–water partition coefficient (Wildman–Crippen LogP) is 8.12. The first kappa shape index (κ1) is 35.8. The number of hydrogen-bond acceptors (Lipinski definition) is 10. The van der Waals surface area contributed by atoms with Gasteiger partial charge in [0.15, 0.2) is 34.5 Å². The molecule has 5 aliphatic rings. The molecule has 0 aromatic heterocycles. The van der Waals surface area contributed by atoms with E-state index in [1.54, 1.807) is 64.8 Å². The second-order valence-corrected chi connectivity index (χ2v) is 14.6. The van der Waals surface area contributed by atoms with Gasteiger partial charge in [-0.2, -0.15) is 0 Å². The van der Waals surface area contributed by atoms with E-state index in [9.17, 15) is 4.79 Å². The molecule has 2 atom stereocenters. The number of methoxy groups -OCH3 is 5.